The van der Waals surface area contributed by atoms with E-state index in [4.69, 9.17) is 0 Å². The molecular weight excluding hydrogens is 355 g/mol. The average Bonchev–Trinajstić information content (AvgIpc) is 2.86. The molecule has 0 amide bonds. The number of ether oxygens (including phenoxy) is 1. The van der Waals surface area contributed by atoms with Gasteiger partial charge in [0.05, 0.1) is 5.52 Å². The van der Waals surface area contributed by atoms with E-state index in [9.17, 15) is 13.2 Å². The summed E-state index contributed by atoms with van der Waals surface area (Å²) in [6.07, 6.45) is -1.11. The largest absolute Gasteiger partial charge is 0.573 e. The van der Waals surface area contributed by atoms with E-state index in [1.165, 1.54) is 17.7 Å². The van der Waals surface area contributed by atoms with Crippen LogP contribution in [0.3, 0.4) is 0 Å². The van der Waals surface area contributed by atoms with Gasteiger partial charge in [-0.15, -0.1) is 19.8 Å². The monoisotopic (exact) mass is 375 g/mol. The molecule has 0 aliphatic rings. The number of rotatable bonds is 6. The van der Waals surface area contributed by atoms with E-state index in [0.717, 1.165) is 28.0 Å². The van der Waals surface area contributed by atoms with Gasteiger partial charge in [0.15, 0.2) is 5.82 Å². The molecule has 7 heteroatoms. The van der Waals surface area contributed by atoms with E-state index in [-0.39, 0.29) is 5.75 Å². The number of hydrogen-bond donors (Lipinski definition) is 1. The molecule has 27 heavy (non-hydrogen) atoms. The van der Waals surface area contributed by atoms with Crippen LogP contribution in [0.15, 0.2) is 49.2 Å². The van der Waals surface area contributed by atoms with Crippen LogP contribution in [0, 0.1) is 13.8 Å². The molecule has 2 heterocycles. The molecule has 0 atom stereocenters. The van der Waals surface area contributed by atoms with Crippen LogP contribution < -0.4 is 10.1 Å². The average molecular weight is 375 g/mol. The van der Waals surface area contributed by atoms with Gasteiger partial charge in [-0.05, 0) is 43.2 Å². The number of hydrogen-bond acceptors (Lipinski definition) is 3. The minimum Gasteiger partial charge on any atom is -0.406 e. The van der Waals surface area contributed by atoms with Gasteiger partial charge < -0.3 is 14.6 Å². The number of halogens is 3. The van der Waals surface area contributed by atoms with Gasteiger partial charge in [0, 0.05) is 30.4 Å². The Morgan fingerprint density at radius 3 is 2.52 bits per heavy atom. The molecule has 0 unspecified atom stereocenters. The number of anilines is 1. The first-order valence-electron chi connectivity index (χ1n) is 8.44. The maximum absolute atomic E-state index is 12.2. The topological polar surface area (TPSA) is 39.1 Å². The lowest BCUT2D eigenvalue weighted by molar-refractivity contribution is -0.274. The van der Waals surface area contributed by atoms with Gasteiger partial charge in [0.2, 0.25) is 0 Å². The Hall–Kier alpha value is -2.96. The van der Waals surface area contributed by atoms with Crippen LogP contribution in [0.1, 0.15) is 16.8 Å². The lowest BCUT2D eigenvalue weighted by Gasteiger charge is -2.12. The van der Waals surface area contributed by atoms with E-state index in [1.807, 2.05) is 12.1 Å². The molecule has 1 N–H and O–H groups in total. The fraction of sp³-hybridized carbons (Fsp3) is 0.250. The van der Waals surface area contributed by atoms with Crippen molar-refractivity contribution in [3.05, 3.63) is 66.0 Å². The normalized spacial score (nSPS) is 11.6. The Bertz CT molecular complexity index is 959. The Labute approximate surface area is 155 Å². The lowest BCUT2D eigenvalue weighted by atomic mass is 10.2. The van der Waals surface area contributed by atoms with Crippen molar-refractivity contribution in [1.82, 2.24) is 9.55 Å². The highest BCUT2D eigenvalue weighted by molar-refractivity contribution is 5.93. The van der Waals surface area contributed by atoms with E-state index in [1.54, 1.807) is 18.3 Å². The number of fused-ring (bicyclic) bond motifs is 1. The molecule has 142 valence electrons. The van der Waals surface area contributed by atoms with Crippen molar-refractivity contribution >= 4 is 16.7 Å². The first-order chi connectivity index (χ1) is 12.8. The van der Waals surface area contributed by atoms with Crippen molar-refractivity contribution in [1.29, 1.82) is 0 Å². The SMILES string of the molecule is C=CCn1c(C)c(C)c2ccnc(NCc3ccc(OC(F)(F)F)cc3)c21. The highest BCUT2D eigenvalue weighted by Crippen LogP contribution is 2.30. The van der Waals surface area contributed by atoms with Crippen LogP contribution in [0.25, 0.3) is 10.9 Å². The molecule has 2 aromatic heterocycles. The second kappa shape index (κ2) is 7.34. The van der Waals surface area contributed by atoms with E-state index in [2.05, 4.69) is 40.0 Å². The summed E-state index contributed by atoms with van der Waals surface area (Å²) >= 11 is 0. The molecule has 4 nitrogen and oxygen atoms in total. The fourth-order valence-electron chi connectivity index (χ4n) is 3.08. The van der Waals surface area contributed by atoms with Crippen molar-refractivity contribution in [3.8, 4) is 5.75 Å². The number of allylic oxidation sites excluding steroid dienone is 1. The van der Waals surface area contributed by atoms with Crippen LogP contribution in [0.4, 0.5) is 19.0 Å². The molecule has 0 fully saturated rings. The number of aromatic nitrogens is 2. The summed E-state index contributed by atoms with van der Waals surface area (Å²) in [7, 11) is 0. The maximum Gasteiger partial charge on any atom is 0.573 e. The summed E-state index contributed by atoms with van der Waals surface area (Å²) in [5.74, 6) is 0.485. The standard InChI is InChI=1S/C20H20F3N3O/c1-4-11-26-14(3)13(2)17-9-10-24-19(18(17)26)25-12-15-5-7-16(8-6-15)27-20(21,22)23/h4-10H,1,11-12H2,2-3H3,(H,24,25). The number of benzene rings is 1. The van der Waals surface area contributed by atoms with Crippen molar-refractivity contribution in [2.75, 3.05) is 5.32 Å². The third-order valence-corrected chi connectivity index (χ3v) is 4.47. The number of nitrogens with zero attached hydrogens (tertiary/aromatic N) is 2. The molecule has 0 saturated heterocycles. The fourth-order valence-corrected chi connectivity index (χ4v) is 3.08. The lowest BCUT2D eigenvalue weighted by Crippen LogP contribution is -2.17. The molecule has 0 spiro atoms. The number of pyridine rings is 1. The van der Waals surface area contributed by atoms with Gasteiger partial charge in [-0.3, -0.25) is 0 Å². The van der Waals surface area contributed by atoms with Gasteiger partial charge in [0.25, 0.3) is 0 Å². The number of nitrogens with one attached hydrogen (secondary N) is 1. The third kappa shape index (κ3) is 4.07. The van der Waals surface area contributed by atoms with Gasteiger partial charge in [-0.2, -0.15) is 0 Å². The summed E-state index contributed by atoms with van der Waals surface area (Å²) in [6.45, 7) is 9.04. The van der Waals surface area contributed by atoms with Crippen LogP contribution in [0.2, 0.25) is 0 Å². The Morgan fingerprint density at radius 1 is 1.19 bits per heavy atom. The summed E-state index contributed by atoms with van der Waals surface area (Å²) in [6, 6.07) is 7.76. The molecule has 0 radical (unpaired) electrons. The van der Waals surface area contributed by atoms with Crippen LogP contribution in [-0.4, -0.2) is 15.9 Å². The minimum absolute atomic E-state index is 0.238. The third-order valence-electron chi connectivity index (χ3n) is 4.47. The Balaban J connectivity index is 1.83. The molecular formula is C20H20F3N3O. The summed E-state index contributed by atoms with van der Waals surface area (Å²) < 4.78 is 42.8. The van der Waals surface area contributed by atoms with Gasteiger partial charge in [0.1, 0.15) is 5.75 Å². The molecule has 3 aromatic rings. The second-order valence-electron chi connectivity index (χ2n) is 6.21. The summed E-state index contributed by atoms with van der Waals surface area (Å²) in [5.41, 5.74) is 4.14. The zero-order valence-electron chi connectivity index (χ0n) is 15.1. The summed E-state index contributed by atoms with van der Waals surface area (Å²) in [5, 5.41) is 4.39. The first kappa shape index (κ1) is 18.8. The molecule has 0 bridgehead atoms. The number of alkyl halides is 3. The Kier molecular flexibility index (Phi) is 5.12. The molecule has 0 aliphatic heterocycles. The predicted molar refractivity (Wildman–Crippen MR) is 99.9 cm³/mol. The number of aryl methyl sites for hydroxylation is 1. The van der Waals surface area contributed by atoms with E-state index >= 15 is 0 Å². The van der Waals surface area contributed by atoms with Crippen LogP contribution in [-0.2, 0) is 13.1 Å². The van der Waals surface area contributed by atoms with Crippen LogP contribution in [0.5, 0.6) is 5.75 Å². The van der Waals surface area contributed by atoms with Gasteiger partial charge in [-0.25, -0.2) is 4.98 Å². The van der Waals surface area contributed by atoms with E-state index < -0.39 is 6.36 Å². The molecule has 3 rings (SSSR count). The Morgan fingerprint density at radius 2 is 1.89 bits per heavy atom. The molecule has 1 aromatic carbocycles. The first-order valence-corrected chi connectivity index (χ1v) is 8.44. The maximum atomic E-state index is 12.2. The van der Waals surface area contributed by atoms with Crippen molar-refractivity contribution in [2.45, 2.75) is 33.3 Å². The molecule has 0 aliphatic carbocycles. The second-order valence-corrected chi connectivity index (χ2v) is 6.21. The van der Waals surface area contributed by atoms with Crippen LogP contribution >= 0.6 is 0 Å². The van der Waals surface area contributed by atoms with Crippen molar-refractivity contribution < 1.29 is 17.9 Å². The quantitative estimate of drug-likeness (QED) is 0.590. The van der Waals surface area contributed by atoms with Gasteiger partial charge >= 0.3 is 6.36 Å². The minimum atomic E-state index is -4.69. The zero-order chi connectivity index (χ0) is 19.6. The van der Waals surface area contributed by atoms with Crippen molar-refractivity contribution in [3.63, 3.8) is 0 Å². The van der Waals surface area contributed by atoms with Gasteiger partial charge in [-0.1, -0.05) is 18.2 Å². The smallest absolute Gasteiger partial charge is 0.406 e. The highest BCUT2D eigenvalue weighted by Gasteiger charge is 2.30. The van der Waals surface area contributed by atoms with E-state index in [0.29, 0.717) is 13.1 Å². The summed E-state index contributed by atoms with van der Waals surface area (Å²) in [4.78, 5) is 4.45. The zero-order valence-corrected chi connectivity index (χ0v) is 15.1. The molecule has 0 saturated carbocycles. The predicted octanol–water partition coefficient (Wildman–Crippen LogP) is 5.35. The highest BCUT2D eigenvalue weighted by atomic mass is 19.4. The van der Waals surface area contributed by atoms with Crippen molar-refractivity contribution in [2.24, 2.45) is 0 Å².